The van der Waals surface area contributed by atoms with Crippen molar-refractivity contribution in [3.05, 3.63) is 16.2 Å². The van der Waals surface area contributed by atoms with E-state index >= 15 is 0 Å². The Morgan fingerprint density at radius 3 is 2.94 bits per heavy atom. The molecule has 1 unspecified atom stereocenters. The number of sulfone groups is 1. The van der Waals surface area contributed by atoms with Crippen LogP contribution in [0.4, 0.5) is 11.5 Å². The molecule has 0 spiro atoms. The molecular formula is C11H16BrN3O2S. The van der Waals surface area contributed by atoms with Crippen LogP contribution in [-0.2, 0) is 9.84 Å². The third-order valence-electron chi connectivity index (χ3n) is 3.26. The van der Waals surface area contributed by atoms with Gasteiger partial charge in [-0.05, 0) is 41.3 Å². The lowest BCUT2D eigenvalue weighted by Gasteiger charge is -2.14. The number of nitrogens with two attached hydrogens (primary N) is 1. The highest BCUT2D eigenvalue weighted by Crippen LogP contribution is 2.28. The van der Waals surface area contributed by atoms with E-state index in [2.05, 4.69) is 26.2 Å². The molecule has 18 heavy (non-hydrogen) atoms. The highest BCUT2D eigenvalue weighted by molar-refractivity contribution is 9.10. The number of halogens is 1. The predicted molar refractivity (Wildman–Crippen MR) is 76.4 cm³/mol. The molecular weight excluding hydrogens is 318 g/mol. The van der Waals surface area contributed by atoms with Gasteiger partial charge in [0.15, 0.2) is 9.84 Å². The molecule has 2 rings (SSSR count). The highest BCUT2D eigenvalue weighted by atomic mass is 79.9. The first kappa shape index (κ1) is 13.6. The van der Waals surface area contributed by atoms with Crippen molar-refractivity contribution in [2.24, 2.45) is 0 Å². The van der Waals surface area contributed by atoms with Crippen LogP contribution >= 0.6 is 15.9 Å². The normalized spacial score (nSPS) is 22.0. The Labute approximate surface area is 115 Å². The number of hydrogen-bond acceptors (Lipinski definition) is 5. The van der Waals surface area contributed by atoms with Gasteiger partial charge >= 0.3 is 0 Å². The molecule has 100 valence electrons. The van der Waals surface area contributed by atoms with Crippen LogP contribution < -0.4 is 11.1 Å². The summed E-state index contributed by atoms with van der Waals surface area (Å²) in [6.45, 7) is 2.29. The van der Waals surface area contributed by atoms with Crippen LogP contribution in [0.3, 0.4) is 0 Å². The minimum atomic E-state index is -2.92. The molecule has 0 aromatic carbocycles. The van der Waals surface area contributed by atoms with E-state index in [-0.39, 0.29) is 5.25 Å². The third-order valence-corrected chi connectivity index (χ3v) is 6.51. The minimum Gasteiger partial charge on any atom is -0.397 e. The van der Waals surface area contributed by atoms with Gasteiger partial charge in [0.2, 0.25) is 0 Å². The first-order chi connectivity index (χ1) is 8.42. The largest absolute Gasteiger partial charge is 0.397 e. The van der Waals surface area contributed by atoms with E-state index in [1.54, 1.807) is 6.20 Å². The maximum absolute atomic E-state index is 11.7. The molecule has 0 aliphatic carbocycles. The minimum absolute atomic E-state index is 0.300. The summed E-state index contributed by atoms with van der Waals surface area (Å²) in [5, 5.41) is 2.78. The lowest BCUT2D eigenvalue weighted by Crippen LogP contribution is -2.25. The zero-order chi connectivity index (χ0) is 13.3. The van der Waals surface area contributed by atoms with Crippen molar-refractivity contribution in [2.45, 2.75) is 25.0 Å². The standard InChI is InChI=1S/C11H16BrN3O2S/c1-7-9(13)6-15-11(10(7)12)14-5-8-3-2-4-18(8,16)17/h6,8H,2-5,13H2,1H3,(H,14,15). The summed E-state index contributed by atoms with van der Waals surface area (Å²) < 4.78 is 24.2. The molecule has 0 bridgehead atoms. The summed E-state index contributed by atoms with van der Waals surface area (Å²) in [6, 6.07) is 0. The second-order valence-corrected chi connectivity index (χ2v) is 7.71. The van der Waals surface area contributed by atoms with Crippen molar-refractivity contribution in [1.29, 1.82) is 0 Å². The van der Waals surface area contributed by atoms with E-state index < -0.39 is 9.84 Å². The maximum atomic E-state index is 11.7. The molecule has 0 saturated carbocycles. The first-order valence-electron chi connectivity index (χ1n) is 5.78. The predicted octanol–water partition coefficient (Wildman–Crippen LogP) is 1.72. The van der Waals surface area contributed by atoms with Crippen LogP contribution in [-0.4, -0.2) is 30.9 Å². The van der Waals surface area contributed by atoms with Gasteiger partial charge in [0, 0.05) is 6.54 Å². The van der Waals surface area contributed by atoms with Crippen LogP contribution in [0.25, 0.3) is 0 Å². The number of nitrogens with one attached hydrogen (secondary N) is 1. The van der Waals surface area contributed by atoms with E-state index in [9.17, 15) is 8.42 Å². The van der Waals surface area contributed by atoms with Crippen LogP contribution in [0, 0.1) is 6.92 Å². The zero-order valence-corrected chi connectivity index (χ0v) is 12.5. The van der Waals surface area contributed by atoms with Crippen molar-refractivity contribution >= 4 is 37.3 Å². The molecule has 0 radical (unpaired) electrons. The van der Waals surface area contributed by atoms with E-state index in [1.807, 2.05) is 6.92 Å². The molecule has 0 amide bonds. The van der Waals surface area contributed by atoms with Gasteiger partial charge in [-0.2, -0.15) is 0 Å². The summed E-state index contributed by atoms with van der Waals surface area (Å²) >= 11 is 3.41. The van der Waals surface area contributed by atoms with Crippen molar-refractivity contribution in [1.82, 2.24) is 4.98 Å². The number of anilines is 2. The van der Waals surface area contributed by atoms with Gasteiger partial charge < -0.3 is 11.1 Å². The van der Waals surface area contributed by atoms with Crippen molar-refractivity contribution in [3.63, 3.8) is 0 Å². The fourth-order valence-electron chi connectivity index (χ4n) is 2.01. The van der Waals surface area contributed by atoms with E-state index in [0.29, 0.717) is 23.8 Å². The maximum Gasteiger partial charge on any atom is 0.154 e. The van der Waals surface area contributed by atoms with E-state index in [1.165, 1.54) is 0 Å². The van der Waals surface area contributed by atoms with Crippen LogP contribution in [0.15, 0.2) is 10.7 Å². The summed E-state index contributed by atoms with van der Waals surface area (Å²) in [4.78, 5) is 4.17. The first-order valence-corrected chi connectivity index (χ1v) is 8.28. The summed E-state index contributed by atoms with van der Waals surface area (Å²) in [5.74, 6) is 0.943. The molecule has 1 aromatic heterocycles. The Kier molecular flexibility index (Phi) is 3.82. The van der Waals surface area contributed by atoms with Gasteiger partial charge in [-0.3, -0.25) is 0 Å². The average molecular weight is 334 g/mol. The van der Waals surface area contributed by atoms with Gasteiger partial charge in [-0.1, -0.05) is 0 Å². The van der Waals surface area contributed by atoms with Crippen molar-refractivity contribution < 1.29 is 8.42 Å². The SMILES string of the molecule is Cc1c(N)cnc(NCC2CCCS2(=O)=O)c1Br. The molecule has 1 aliphatic rings. The monoisotopic (exact) mass is 333 g/mol. The van der Waals surface area contributed by atoms with Crippen LogP contribution in [0.5, 0.6) is 0 Å². The Morgan fingerprint density at radius 1 is 1.61 bits per heavy atom. The molecule has 1 fully saturated rings. The molecule has 2 heterocycles. The number of rotatable bonds is 3. The second kappa shape index (κ2) is 5.05. The summed E-state index contributed by atoms with van der Waals surface area (Å²) in [7, 11) is -2.92. The number of pyridine rings is 1. The lowest BCUT2D eigenvalue weighted by atomic mass is 10.2. The zero-order valence-electron chi connectivity index (χ0n) is 10.1. The number of hydrogen-bond donors (Lipinski definition) is 2. The second-order valence-electron chi connectivity index (χ2n) is 4.51. The Balaban J connectivity index is 2.10. The molecule has 3 N–H and O–H groups in total. The number of nitrogen functional groups attached to an aromatic ring is 1. The van der Waals surface area contributed by atoms with Crippen LogP contribution in [0.1, 0.15) is 18.4 Å². The smallest absolute Gasteiger partial charge is 0.154 e. The molecule has 1 aliphatic heterocycles. The van der Waals surface area contributed by atoms with Crippen molar-refractivity contribution in [2.75, 3.05) is 23.3 Å². The Bertz CT molecular complexity index is 560. The summed E-state index contributed by atoms with van der Waals surface area (Å²) in [5.41, 5.74) is 7.25. The number of nitrogens with zero attached hydrogens (tertiary/aromatic N) is 1. The fraction of sp³-hybridized carbons (Fsp3) is 0.545. The molecule has 1 saturated heterocycles. The van der Waals surface area contributed by atoms with E-state index in [4.69, 9.17) is 5.73 Å². The van der Waals surface area contributed by atoms with Gasteiger partial charge in [0.05, 0.1) is 27.4 Å². The Hall–Kier alpha value is -0.820. The van der Waals surface area contributed by atoms with Gasteiger partial charge in [-0.25, -0.2) is 13.4 Å². The van der Waals surface area contributed by atoms with Crippen molar-refractivity contribution in [3.8, 4) is 0 Å². The quantitative estimate of drug-likeness (QED) is 0.879. The third kappa shape index (κ3) is 2.61. The molecule has 1 aromatic rings. The molecule has 5 nitrogen and oxygen atoms in total. The lowest BCUT2D eigenvalue weighted by molar-refractivity contribution is 0.591. The fourth-order valence-corrected chi connectivity index (χ4v) is 4.25. The van der Waals surface area contributed by atoms with Gasteiger partial charge in [0.25, 0.3) is 0 Å². The van der Waals surface area contributed by atoms with E-state index in [0.717, 1.165) is 22.9 Å². The number of aromatic nitrogens is 1. The molecule has 7 heteroatoms. The highest BCUT2D eigenvalue weighted by Gasteiger charge is 2.31. The summed E-state index contributed by atoms with van der Waals surface area (Å²) in [6.07, 6.45) is 3.05. The topological polar surface area (TPSA) is 85.1 Å². The Morgan fingerprint density at radius 2 is 2.33 bits per heavy atom. The molecule has 1 atom stereocenters. The van der Waals surface area contributed by atoms with Crippen LogP contribution in [0.2, 0.25) is 0 Å². The van der Waals surface area contributed by atoms with Gasteiger partial charge in [-0.15, -0.1) is 0 Å². The van der Waals surface area contributed by atoms with Gasteiger partial charge in [0.1, 0.15) is 5.82 Å². The average Bonchev–Trinajstić information content (AvgIpc) is 2.65.